The average molecular weight is 242 g/mol. The molecule has 1 atom stereocenters. The molecule has 84 valence electrons. The monoisotopic (exact) mass is 242 g/mol. The Morgan fingerprint density at radius 1 is 1.60 bits per heavy atom. The molecule has 0 aromatic carbocycles. The molecule has 0 radical (unpaired) electrons. The van der Waals surface area contributed by atoms with Gasteiger partial charge in [0.25, 0.3) is 0 Å². The first-order valence-electron chi connectivity index (χ1n) is 5.25. The first-order valence-corrected chi connectivity index (χ1v) is 7.46. The fourth-order valence-electron chi connectivity index (χ4n) is 2.23. The molecule has 1 aliphatic carbocycles. The Bertz CT molecular complexity index is 357. The Labute approximate surface area is 99.7 Å². The van der Waals surface area contributed by atoms with Crippen LogP contribution < -0.4 is 5.73 Å². The van der Waals surface area contributed by atoms with Crippen LogP contribution in [0, 0.1) is 5.41 Å². The lowest BCUT2D eigenvalue weighted by atomic mass is 9.77. The summed E-state index contributed by atoms with van der Waals surface area (Å²) in [7, 11) is 0. The molecule has 2 nitrogen and oxygen atoms in total. The van der Waals surface area contributed by atoms with Gasteiger partial charge in [0, 0.05) is 16.7 Å². The van der Waals surface area contributed by atoms with Gasteiger partial charge in [0.1, 0.15) is 5.01 Å². The van der Waals surface area contributed by atoms with E-state index in [2.05, 4.69) is 20.1 Å². The van der Waals surface area contributed by atoms with Crippen molar-refractivity contribution in [2.24, 2.45) is 11.1 Å². The maximum absolute atomic E-state index is 6.20. The van der Waals surface area contributed by atoms with Gasteiger partial charge in [-0.05, 0) is 24.5 Å². The van der Waals surface area contributed by atoms with E-state index in [1.807, 2.05) is 23.1 Å². The topological polar surface area (TPSA) is 38.9 Å². The standard InChI is InChI=1S/C11H18N2S2/c1-11(2)4-7(12)10-8(5-11)13-9(15-10)6-14-3/h7H,4-6,12H2,1-3H3. The van der Waals surface area contributed by atoms with Crippen molar-refractivity contribution in [2.75, 3.05) is 6.26 Å². The van der Waals surface area contributed by atoms with Gasteiger partial charge in [-0.1, -0.05) is 13.8 Å². The summed E-state index contributed by atoms with van der Waals surface area (Å²) in [6.07, 6.45) is 4.28. The minimum Gasteiger partial charge on any atom is -0.323 e. The number of nitrogens with zero attached hydrogens (tertiary/aromatic N) is 1. The first kappa shape index (κ1) is 11.4. The van der Waals surface area contributed by atoms with Crippen molar-refractivity contribution in [1.29, 1.82) is 0 Å². The van der Waals surface area contributed by atoms with Gasteiger partial charge in [-0.25, -0.2) is 4.98 Å². The number of hydrogen-bond acceptors (Lipinski definition) is 4. The highest BCUT2D eigenvalue weighted by molar-refractivity contribution is 7.97. The lowest BCUT2D eigenvalue weighted by Gasteiger charge is -2.32. The molecule has 0 spiro atoms. The molecule has 1 unspecified atom stereocenters. The van der Waals surface area contributed by atoms with E-state index in [-0.39, 0.29) is 6.04 Å². The van der Waals surface area contributed by atoms with E-state index >= 15 is 0 Å². The molecule has 0 fully saturated rings. The summed E-state index contributed by atoms with van der Waals surface area (Å²) >= 11 is 3.64. The maximum atomic E-state index is 6.20. The zero-order valence-electron chi connectivity index (χ0n) is 9.54. The summed E-state index contributed by atoms with van der Waals surface area (Å²) in [5, 5.41) is 1.24. The van der Waals surface area contributed by atoms with Gasteiger partial charge in [0.15, 0.2) is 0 Å². The molecule has 0 saturated carbocycles. The van der Waals surface area contributed by atoms with Gasteiger partial charge in [-0.2, -0.15) is 11.8 Å². The van der Waals surface area contributed by atoms with Crippen molar-refractivity contribution >= 4 is 23.1 Å². The number of thiazole rings is 1. The number of hydrogen-bond donors (Lipinski definition) is 1. The maximum Gasteiger partial charge on any atom is 0.103 e. The van der Waals surface area contributed by atoms with Crippen molar-refractivity contribution < 1.29 is 0 Å². The van der Waals surface area contributed by atoms with Gasteiger partial charge in [-0.3, -0.25) is 0 Å². The predicted molar refractivity (Wildman–Crippen MR) is 68.4 cm³/mol. The molecular formula is C11H18N2S2. The second-order valence-corrected chi connectivity index (χ2v) is 6.98. The van der Waals surface area contributed by atoms with Crippen molar-refractivity contribution in [3.8, 4) is 0 Å². The number of rotatable bonds is 2. The van der Waals surface area contributed by atoms with E-state index < -0.39 is 0 Å². The molecule has 0 amide bonds. The van der Waals surface area contributed by atoms with Crippen molar-refractivity contribution in [3.63, 3.8) is 0 Å². The Morgan fingerprint density at radius 3 is 3.00 bits per heavy atom. The molecule has 0 saturated heterocycles. The molecule has 0 bridgehead atoms. The van der Waals surface area contributed by atoms with E-state index in [1.54, 1.807) is 0 Å². The average Bonchev–Trinajstić information content (AvgIpc) is 2.46. The van der Waals surface area contributed by atoms with Gasteiger partial charge in [0.05, 0.1) is 5.69 Å². The van der Waals surface area contributed by atoms with Crippen LogP contribution in [0.1, 0.15) is 41.9 Å². The zero-order chi connectivity index (χ0) is 11.1. The fraction of sp³-hybridized carbons (Fsp3) is 0.727. The highest BCUT2D eigenvalue weighted by Gasteiger charge is 2.32. The van der Waals surface area contributed by atoms with Crippen molar-refractivity contribution in [1.82, 2.24) is 4.98 Å². The van der Waals surface area contributed by atoms with Crippen LogP contribution >= 0.6 is 23.1 Å². The van der Waals surface area contributed by atoms with Crippen LogP contribution in [0.4, 0.5) is 0 Å². The predicted octanol–water partition coefficient (Wildman–Crippen LogP) is 2.98. The van der Waals surface area contributed by atoms with Crippen molar-refractivity contribution in [3.05, 3.63) is 15.6 Å². The fourth-order valence-corrected chi connectivity index (χ4v) is 4.01. The molecule has 1 aromatic rings. The summed E-state index contributed by atoms with van der Waals surface area (Å²) in [6, 6.07) is 0.205. The Balaban J connectivity index is 2.30. The quantitative estimate of drug-likeness (QED) is 0.866. The second-order valence-electron chi connectivity index (χ2n) is 5.00. The highest BCUT2D eigenvalue weighted by atomic mass is 32.2. The second kappa shape index (κ2) is 4.07. The van der Waals surface area contributed by atoms with Crippen LogP contribution in [-0.4, -0.2) is 11.2 Å². The smallest absolute Gasteiger partial charge is 0.103 e. The summed E-state index contributed by atoms with van der Waals surface area (Å²) in [4.78, 5) is 6.04. The molecule has 1 heterocycles. The zero-order valence-corrected chi connectivity index (χ0v) is 11.2. The largest absolute Gasteiger partial charge is 0.323 e. The third-order valence-electron chi connectivity index (χ3n) is 2.79. The molecular weight excluding hydrogens is 224 g/mol. The lowest BCUT2D eigenvalue weighted by Crippen LogP contribution is -2.28. The summed E-state index contributed by atoms with van der Waals surface area (Å²) in [5.41, 5.74) is 7.77. The highest BCUT2D eigenvalue weighted by Crippen LogP contribution is 2.42. The van der Waals surface area contributed by atoms with Gasteiger partial charge in [0.2, 0.25) is 0 Å². The normalized spacial score (nSPS) is 23.9. The lowest BCUT2D eigenvalue weighted by molar-refractivity contribution is 0.282. The van der Waals surface area contributed by atoms with Gasteiger partial charge >= 0.3 is 0 Å². The Kier molecular flexibility index (Phi) is 3.10. The molecule has 15 heavy (non-hydrogen) atoms. The molecule has 2 rings (SSSR count). The molecule has 0 aliphatic heterocycles. The number of fused-ring (bicyclic) bond motifs is 1. The molecule has 4 heteroatoms. The number of thioether (sulfide) groups is 1. The van der Waals surface area contributed by atoms with Gasteiger partial charge in [-0.15, -0.1) is 11.3 Å². The van der Waals surface area contributed by atoms with E-state index in [1.165, 1.54) is 15.6 Å². The van der Waals surface area contributed by atoms with E-state index in [9.17, 15) is 0 Å². The SMILES string of the molecule is CSCc1nc2c(s1)C(N)CC(C)(C)C2. The van der Waals surface area contributed by atoms with Crippen LogP contribution in [0.25, 0.3) is 0 Å². The van der Waals surface area contributed by atoms with Crippen LogP contribution in [0.5, 0.6) is 0 Å². The van der Waals surface area contributed by atoms with E-state index in [0.717, 1.165) is 18.6 Å². The first-order chi connectivity index (χ1) is 7.02. The minimum absolute atomic E-state index is 0.205. The summed E-state index contributed by atoms with van der Waals surface area (Å²) in [5.74, 6) is 1.02. The van der Waals surface area contributed by atoms with Crippen LogP contribution in [0.3, 0.4) is 0 Å². The van der Waals surface area contributed by atoms with E-state index in [4.69, 9.17) is 10.7 Å². The molecule has 2 N–H and O–H groups in total. The van der Waals surface area contributed by atoms with Crippen LogP contribution in [0.2, 0.25) is 0 Å². The third-order valence-corrected chi connectivity index (χ3v) is 4.77. The minimum atomic E-state index is 0.205. The summed E-state index contributed by atoms with van der Waals surface area (Å²) in [6.45, 7) is 4.56. The van der Waals surface area contributed by atoms with Crippen LogP contribution in [-0.2, 0) is 12.2 Å². The number of nitrogens with two attached hydrogens (primary N) is 1. The van der Waals surface area contributed by atoms with Crippen LogP contribution in [0.15, 0.2) is 0 Å². The summed E-state index contributed by atoms with van der Waals surface area (Å²) < 4.78 is 0. The van der Waals surface area contributed by atoms with Gasteiger partial charge < -0.3 is 5.73 Å². The van der Waals surface area contributed by atoms with Crippen molar-refractivity contribution in [2.45, 2.75) is 38.5 Å². The number of aromatic nitrogens is 1. The third kappa shape index (κ3) is 2.37. The van der Waals surface area contributed by atoms with E-state index in [0.29, 0.717) is 5.41 Å². The Hall–Kier alpha value is -0.0600. The molecule has 1 aromatic heterocycles. The Morgan fingerprint density at radius 2 is 2.33 bits per heavy atom. The molecule has 1 aliphatic rings.